The van der Waals surface area contributed by atoms with Crippen LogP contribution in [0.4, 0.5) is 11.6 Å². The van der Waals surface area contributed by atoms with Crippen LogP contribution in [0.3, 0.4) is 0 Å². The van der Waals surface area contributed by atoms with Crippen molar-refractivity contribution in [3.8, 4) is 0 Å². The number of anilines is 2. The van der Waals surface area contributed by atoms with Gasteiger partial charge in [-0.1, -0.05) is 79.7 Å². The molecule has 0 bridgehead atoms. The summed E-state index contributed by atoms with van der Waals surface area (Å²) in [7, 11) is 0. The molecule has 2 fully saturated rings. The third kappa shape index (κ3) is 11.2. The van der Waals surface area contributed by atoms with Gasteiger partial charge < -0.3 is 44.9 Å². The molecule has 4 aromatic carbocycles. The lowest BCUT2D eigenvalue weighted by Gasteiger charge is -2.38. The van der Waals surface area contributed by atoms with E-state index in [1.807, 2.05) is 0 Å². The molecular formula is C47H44N6O13. The topological polar surface area (TPSA) is 260 Å². The first-order chi connectivity index (χ1) is 31.9. The van der Waals surface area contributed by atoms with Crippen LogP contribution in [0.15, 0.2) is 155 Å². The standard InChI is InChI=1S/C24H23N3O6.C23H21N3O7/c1-15-14-32-22(19(28)20(15)33-23(30)17-10-6-3-7-11-17)27-13-12-18(26-24(27)31)25-21(29)16-8-4-2-5-9-16;27-16-13-32-21(19(18(16)28)33-22(30)15-9-5-2-6-10-15)26-12-11-17(25-23(26)31)24-20(29)14-7-3-1-4-8-14/h2-13,15,19-20,22,28H,14H2,1H3,(H,25,26,29,31);1-12,16,18-19,21,27-28H,13H2,(H,24,25,29,31)/t15-,19+,20-,22?;16-,18+,19+,21?/m11/s1. The third-order valence-electron chi connectivity index (χ3n) is 10.4. The van der Waals surface area contributed by atoms with Gasteiger partial charge in [0, 0.05) is 29.4 Å². The Balaban J connectivity index is 0.000000196. The molecule has 0 aliphatic carbocycles. The number of nitrogens with one attached hydrogen (secondary N) is 2. The Kier molecular flexibility index (Phi) is 15.0. The summed E-state index contributed by atoms with van der Waals surface area (Å²) in [5.74, 6) is -2.39. The minimum absolute atomic E-state index is 0.0133. The summed E-state index contributed by atoms with van der Waals surface area (Å²) in [4.78, 5) is 82.6. The zero-order chi connectivity index (χ0) is 46.7. The minimum Gasteiger partial charge on any atom is -0.455 e. The molecule has 6 aromatic rings. The van der Waals surface area contributed by atoms with Crippen LogP contribution in [-0.2, 0) is 18.9 Å². The van der Waals surface area contributed by atoms with Crippen LogP contribution in [0.5, 0.6) is 0 Å². The number of benzene rings is 4. The van der Waals surface area contributed by atoms with Crippen molar-refractivity contribution in [1.82, 2.24) is 19.1 Å². The van der Waals surface area contributed by atoms with Gasteiger partial charge in [-0.05, 0) is 60.7 Å². The molecule has 0 radical (unpaired) electrons. The molecule has 66 heavy (non-hydrogen) atoms. The van der Waals surface area contributed by atoms with Gasteiger partial charge in [0.1, 0.15) is 36.1 Å². The first-order valence-corrected chi connectivity index (χ1v) is 20.6. The molecule has 8 atom stereocenters. The third-order valence-corrected chi connectivity index (χ3v) is 10.4. The van der Waals surface area contributed by atoms with E-state index in [1.54, 1.807) is 116 Å². The van der Waals surface area contributed by atoms with Gasteiger partial charge in [-0.2, -0.15) is 9.97 Å². The number of aliphatic hydroxyl groups is 3. The van der Waals surface area contributed by atoms with Crippen molar-refractivity contribution in [2.45, 2.75) is 49.9 Å². The van der Waals surface area contributed by atoms with Crippen LogP contribution in [0.2, 0.25) is 0 Å². The average Bonchev–Trinajstić information content (AvgIpc) is 3.34. The Hall–Kier alpha value is -7.68. The summed E-state index contributed by atoms with van der Waals surface area (Å²) < 4.78 is 24.3. The van der Waals surface area contributed by atoms with Crippen molar-refractivity contribution in [3.05, 3.63) is 189 Å². The SMILES string of the molecule is C[C@@H]1COC(n2ccc(NC(=O)c3ccccc3)nc2=O)[C@@H](O)[C@@H]1OC(=O)c1ccccc1.O=C(Nc1ccn(C2OC[C@@H](O)[C@H](O)[C@@H]2OC(=O)c2ccccc2)c(=O)n1)c1ccccc1. The first-order valence-electron chi connectivity index (χ1n) is 20.6. The molecule has 8 rings (SSSR count). The van der Waals surface area contributed by atoms with Gasteiger partial charge >= 0.3 is 23.3 Å². The fraction of sp³-hybridized carbons (Fsp3) is 0.234. The van der Waals surface area contributed by atoms with Crippen molar-refractivity contribution in [2.75, 3.05) is 23.8 Å². The van der Waals surface area contributed by atoms with Crippen molar-refractivity contribution in [1.29, 1.82) is 0 Å². The summed E-state index contributed by atoms with van der Waals surface area (Å²) in [5, 5.41) is 36.4. The lowest BCUT2D eigenvalue weighted by Crippen LogP contribution is -2.54. The van der Waals surface area contributed by atoms with Crippen LogP contribution in [-0.4, -0.2) is 102 Å². The second kappa shape index (κ2) is 21.3. The highest BCUT2D eigenvalue weighted by Gasteiger charge is 2.44. The average molecular weight is 901 g/mol. The molecule has 4 heterocycles. The zero-order valence-electron chi connectivity index (χ0n) is 35.1. The lowest BCUT2D eigenvalue weighted by molar-refractivity contribution is -0.212. The molecule has 19 heteroatoms. The van der Waals surface area contributed by atoms with Crippen molar-refractivity contribution < 1.29 is 53.4 Å². The number of carbonyl (C=O) groups excluding carboxylic acids is 4. The molecular weight excluding hydrogens is 857 g/mol. The maximum Gasteiger partial charge on any atom is 0.351 e. The van der Waals surface area contributed by atoms with Gasteiger partial charge in [-0.15, -0.1) is 0 Å². The fourth-order valence-corrected chi connectivity index (χ4v) is 6.96. The summed E-state index contributed by atoms with van der Waals surface area (Å²) in [6.07, 6.45) is -6.06. The maximum absolute atomic E-state index is 12.7. The summed E-state index contributed by atoms with van der Waals surface area (Å²) in [6.45, 7) is 1.66. The fourth-order valence-electron chi connectivity index (χ4n) is 6.96. The second-order valence-corrected chi connectivity index (χ2v) is 15.1. The monoisotopic (exact) mass is 900 g/mol. The number of amides is 2. The summed E-state index contributed by atoms with van der Waals surface area (Å²) >= 11 is 0. The van der Waals surface area contributed by atoms with Crippen LogP contribution in [0.1, 0.15) is 60.8 Å². The Labute approximate surface area is 375 Å². The van der Waals surface area contributed by atoms with Crippen LogP contribution in [0, 0.1) is 5.92 Å². The maximum atomic E-state index is 12.7. The predicted octanol–water partition coefficient (Wildman–Crippen LogP) is 3.22. The van der Waals surface area contributed by atoms with E-state index >= 15 is 0 Å². The number of aromatic nitrogens is 4. The van der Waals surface area contributed by atoms with E-state index in [0.717, 1.165) is 9.13 Å². The lowest BCUT2D eigenvalue weighted by atomic mass is 9.96. The van der Waals surface area contributed by atoms with Crippen LogP contribution >= 0.6 is 0 Å². The quantitative estimate of drug-likeness (QED) is 0.124. The molecule has 2 amide bonds. The summed E-state index contributed by atoms with van der Waals surface area (Å²) in [5.41, 5.74) is -0.135. The number of esters is 2. The number of hydrogen-bond acceptors (Lipinski definition) is 15. The van der Waals surface area contributed by atoms with Gasteiger partial charge in [0.05, 0.1) is 24.3 Å². The van der Waals surface area contributed by atoms with E-state index in [2.05, 4.69) is 20.6 Å². The molecule has 19 nitrogen and oxygen atoms in total. The van der Waals surface area contributed by atoms with Gasteiger partial charge in [-0.3, -0.25) is 18.7 Å². The highest BCUT2D eigenvalue weighted by atomic mass is 16.6. The molecule has 2 aliphatic rings. The second-order valence-electron chi connectivity index (χ2n) is 15.1. The minimum atomic E-state index is -1.50. The number of ether oxygens (including phenoxy) is 4. The normalized spacial score (nSPS) is 22.4. The van der Waals surface area contributed by atoms with E-state index in [0.29, 0.717) is 16.7 Å². The molecule has 2 aromatic heterocycles. The van der Waals surface area contributed by atoms with Crippen LogP contribution < -0.4 is 22.0 Å². The van der Waals surface area contributed by atoms with Gasteiger partial charge in [0.15, 0.2) is 18.6 Å². The largest absolute Gasteiger partial charge is 0.455 e. The number of aliphatic hydroxyl groups excluding tert-OH is 3. The van der Waals surface area contributed by atoms with Gasteiger partial charge in [-0.25, -0.2) is 19.2 Å². The van der Waals surface area contributed by atoms with Gasteiger partial charge in [0.25, 0.3) is 11.8 Å². The number of carbonyl (C=O) groups is 4. The number of hydrogen-bond donors (Lipinski definition) is 5. The van der Waals surface area contributed by atoms with Crippen molar-refractivity contribution in [2.24, 2.45) is 5.92 Å². The first kappa shape index (κ1) is 46.3. The molecule has 2 unspecified atom stereocenters. The Morgan fingerprint density at radius 2 is 0.939 bits per heavy atom. The van der Waals surface area contributed by atoms with Gasteiger partial charge in [0.2, 0.25) is 0 Å². The number of nitrogens with zero attached hydrogens (tertiary/aromatic N) is 4. The molecule has 2 saturated heterocycles. The highest BCUT2D eigenvalue weighted by Crippen LogP contribution is 2.30. The molecule has 5 N–H and O–H groups in total. The Morgan fingerprint density at radius 1 is 0.545 bits per heavy atom. The van der Waals surface area contributed by atoms with E-state index in [-0.39, 0.29) is 36.3 Å². The van der Waals surface area contributed by atoms with E-state index < -0.39 is 78.1 Å². The molecule has 340 valence electrons. The molecule has 2 aliphatic heterocycles. The molecule has 0 saturated carbocycles. The molecule has 0 spiro atoms. The highest BCUT2D eigenvalue weighted by molar-refractivity contribution is 6.04. The van der Waals surface area contributed by atoms with Crippen molar-refractivity contribution in [3.63, 3.8) is 0 Å². The van der Waals surface area contributed by atoms with E-state index in [4.69, 9.17) is 18.9 Å². The predicted molar refractivity (Wildman–Crippen MR) is 234 cm³/mol. The van der Waals surface area contributed by atoms with E-state index in [9.17, 15) is 44.1 Å². The smallest absolute Gasteiger partial charge is 0.351 e. The van der Waals surface area contributed by atoms with E-state index in [1.165, 1.54) is 36.7 Å². The zero-order valence-corrected chi connectivity index (χ0v) is 35.1. The Morgan fingerprint density at radius 3 is 1.38 bits per heavy atom. The number of rotatable bonds is 10. The summed E-state index contributed by atoms with van der Waals surface area (Å²) in [6, 6.07) is 36.3. The van der Waals surface area contributed by atoms with Crippen LogP contribution in [0.25, 0.3) is 0 Å². The van der Waals surface area contributed by atoms with Crippen molar-refractivity contribution >= 4 is 35.4 Å². The Bertz CT molecular complexity index is 2740.